The molecule has 11 aromatic carbocycles. The average molecular weight is 957 g/mol. The van der Waals surface area contributed by atoms with Crippen molar-refractivity contribution in [3.8, 4) is 123 Å². The van der Waals surface area contributed by atoms with Gasteiger partial charge in [0.25, 0.3) is 0 Å². The molecule has 1 aromatic heterocycles. The Kier molecular flexibility index (Phi) is 11.6. The fraction of sp³-hybridized carbons (Fsp3) is 0.0411. The van der Waals surface area contributed by atoms with E-state index in [-0.39, 0.29) is 5.41 Å². The van der Waals surface area contributed by atoms with Crippen molar-refractivity contribution in [1.29, 1.82) is 0 Å². The first-order chi connectivity index (χ1) is 37.0. The van der Waals surface area contributed by atoms with Gasteiger partial charge < -0.3 is 0 Å². The van der Waals surface area contributed by atoms with Crippen LogP contribution in [0.3, 0.4) is 0 Å². The quantitative estimate of drug-likeness (QED) is 0.136. The van der Waals surface area contributed by atoms with E-state index in [1.807, 2.05) is 24.3 Å². The van der Waals surface area contributed by atoms with Crippen molar-refractivity contribution in [2.45, 2.75) is 19.3 Å². The number of rotatable bonds is 10. The van der Waals surface area contributed by atoms with Crippen LogP contribution in [0.25, 0.3) is 123 Å². The molecule has 0 N–H and O–H groups in total. The van der Waals surface area contributed by atoms with Crippen LogP contribution >= 0.6 is 0 Å². The highest BCUT2D eigenvalue weighted by Gasteiger charge is 2.36. The first kappa shape index (κ1) is 45.4. The summed E-state index contributed by atoms with van der Waals surface area (Å²) >= 11 is 0. The van der Waals surface area contributed by atoms with Gasteiger partial charge in [0.1, 0.15) is 0 Å². The third kappa shape index (κ3) is 8.27. The number of aromatic nitrogens is 2. The number of fused-ring (bicyclic) bond motifs is 3. The Morgan fingerprint density at radius 1 is 0.227 bits per heavy atom. The van der Waals surface area contributed by atoms with Crippen molar-refractivity contribution in [2.75, 3.05) is 0 Å². The SMILES string of the molecule is CC1(C)c2ccccc2-c2ccc(-c3c(-c4ccccc4)c(-c4ccccc4)c(-c4ccccc4)c(-c4cccc(-c5ccc(-c6cc(-c7ccccc7)nc(-c7ccccc7)n6)cc5)c4)c3-c3ccccc3)cc21. The largest absolute Gasteiger partial charge is 0.228 e. The van der Waals surface area contributed by atoms with E-state index in [9.17, 15) is 0 Å². The molecular weight excluding hydrogens is 905 g/mol. The molecular formula is C73H52N2. The molecule has 0 fully saturated rings. The number of hydrogen-bond donors (Lipinski definition) is 0. The highest BCUT2D eigenvalue weighted by molar-refractivity contribution is 6.15. The molecule has 0 radical (unpaired) electrons. The molecule has 1 aliphatic rings. The van der Waals surface area contributed by atoms with Crippen LogP contribution in [0.2, 0.25) is 0 Å². The van der Waals surface area contributed by atoms with Crippen LogP contribution < -0.4 is 0 Å². The van der Waals surface area contributed by atoms with Gasteiger partial charge in [0.2, 0.25) is 0 Å². The third-order valence-corrected chi connectivity index (χ3v) is 15.1. The Labute approximate surface area is 440 Å². The standard InChI is InChI=1S/C73H52N2/c1-73(2)62-39-22-21-38-60(62)61-45-44-59(47-63(61)73)71-68(54-30-15-6-16-31-54)66(52-26-11-4-12-27-52)67(53-28-13-5-14-29-53)70(69(71)55-32-17-7-18-33-55)58-37-23-36-57(46-58)49-40-42-51(43-41-49)65-48-64(50-24-9-3-10-25-50)74-72(75-65)56-34-19-8-20-35-56/h3-48H,1-2H3. The first-order valence-corrected chi connectivity index (χ1v) is 25.9. The fourth-order valence-electron chi connectivity index (χ4n) is 11.5. The van der Waals surface area contributed by atoms with Crippen molar-refractivity contribution in [3.63, 3.8) is 0 Å². The minimum Gasteiger partial charge on any atom is -0.228 e. The zero-order chi connectivity index (χ0) is 50.3. The fourth-order valence-corrected chi connectivity index (χ4v) is 11.5. The Balaban J connectivity index is 1.07. The van der Waals surface area contributed by atoms with Gasteiger partial charge in [0.05, 0.1) is 11.4 Å². The van der Waals surface area contributed by atoms with Crippen LogP contribution in [0.5, 0.6) is 0 Å². The van der Waals surface area contributed by atoms with Gasteiger partial charge in [-0.2, -0.15) is 0 Å². The van der Waals surface area contributed by atoms with Gasteiger partial charge in [0, 0.05) is 22.1 Å². The summed E-state index contributed by atoms with van der Waals surface area (Å²) in [6, 6.07) is 101. The molecule has 12 aromatic rings. The second-order valence-corrected chi connectivity index (χ2v) is 20.0. The maximum Gasteiger partial charge on any atom is 0.160 e. The molecule has 1 heterocycles. The molecule has 0 atom stereocenters. The first-order valence-electron chi connectivity index (χ1n) is 25.9. The minimum absolute atomic E-state index is 0.192. The van der Waals surface area contributed by atoms with Crippen LogP contribution in [0.1, 0.15) is 25.0 Å². The highest BCUT2D eigenvalue weighted by Crippen LogP contribution is 2.58. The van der Waals surface area contributed by atoms with Gasteiger partial charge in [-0.25, -0.2) is 9.97 Å². The highest BCUT2D eigenvalue weighted by atomic mass is 14.9. The summed E-state index contributed by atoms with van der Waals surface area (Å²) in [5.74, 6) is 0.702. The molecule has 13 rings (SSSR count). The summed E-state index contributed by atoms with van der Waals surface area (Å²) in [7, 11) is 0. The number of benzene rings is 11. The molecule has 354 valence electrons. The van der Waals surface area contributed by atoms with Crippen LogP contribution in [0.4, 0.5) is 0 Å². The average Bonchev–Trinajstić information content (AvgIpc) is 3.74. The van der Waals surface area contributed by atoms with Gasteiger partial charge in [-0.05, 0) is 118 Å². The molecule has 75 heavy (non-hydrogen) atoms. The van der Waals surface area contributed by atoms with Gasteiger partial charge in [-0.3, -0.25) is 0 Å². The van der Waals surface area contributed by atoms with E-state index < -0.39 is 0 Å². The lowest BCUT2D eigenvalue weighted by atomic mass is 9.73. The van der Waals surface area contributed by atoms with Crippen LogP contribution in [-0.2, 0) is 5.41 Å². The van der Waals surface area contributed by atoms with Gasteiger partial charge in [0.15, 0.2) is 5.82 Å². The molecule has 0 saturated heterocycles. The molecule has 2 nitrogen and oxygen atoms in total. The molecule has 2 heteroatoms. The van der Waals surface area contributed by atoms with Crippen molar-refractivity contribution in [2.24, 2.45) is 0 Å². The van der Waals surface area contributed by atoms with Crippen molar-refractivity contribution in [1.82, 2.24) is 9.97 Å². The smallest absolute Gasteiger partial charge is 0.160 e. The minimum atomic E-state index is -0.192. The summed E-state index contributed by atoms with van der Waals surface area (Å²) in [6.45, 7) is 4.76. The molecule has 0 amide bonds. The Morgan fingerprint density at radius 2 is 0.560 bits per heavy atom. The van der Waals surface area contributed by atoms with E-state index in [0.717, 1.165) is 61.5 Å². The lowest BCUT2D eigenvalue weighted by Gasteiger charge is -2.29. The van der Waals surface area contributed by atoms with Crippen molar-refractivity contribution >= 4 is 0 Å². The van der Waals surface area contributed by atoms with Crippen LogP contribution in [-0.4, -0.2) is 9.97 Å². The van der Waals surface area contributed by atoms with E-state index in [1.54, 1.807) is 0 Å². The summed E-state index contributed by atoms with van der Waals surface area (Å²) in [5, 5.41) is 0. The number of nitrogens with zero attached hydrogens (tertiary/aromatic N) is 2. The van der Waals surface area contributed by atoms with Crippen LogP contribution in [0, 0.1) is 0 Å². The summed E-state index contributed by atoms with van der Waals surface area (Å²) < 4.78 is 0. The molecule has 0 spiro atoms. The Hall–Kier alpha value is -9.50. The normalized spacial score (nSPS) is 12.2. The number of hydrogen-bond acceptors (Lipinski definition) is 2. The van der Waals surface area contributed by atoms with E-state index in [1.165, 1.54) is 66.8 Å². The predicted molar refractivity (Wildman–Crippen MR) is 314 cm³/mol. The summed E-state index contributed by atoms with van der Waals surface area (Å²) in [6.07, 6.45) is 0. The zero-order valence-electron chi connectivity index (χ0n) is 42.0. The molecule has 1 aliphatic carbocycles. The van der Waals surface area contributed by atoms with E-state index >= 15 is 0 Å². The molecule has 0 saturated carbocycles. The Morgan fingerprint density at radius 3 is 1.05 bits per heavy atom. The monoisotopic (exact) mass is 956 g/mol. The van der Waals surface area contributed by atoms with Crippen LogP contribution in [0.15, 0.2) is 279 Å². The van der Waals surface area contributed by atoms with Gasteiger partial charge >= 0.3 is 0 Å². The third-order valence-electron chi connectivity index (χ3n) is 15.1. The van der Waals surface area contributed by atoms with E-state index in [4.69, 9.17) is 9.97 Å². The maximum absolute atomic E-state index is 5.15. The second-order valence-electron chi connectivity index (χ2n) is 20.0. The van der Waals surface area contributed by atoms with Gasteiger partial charge in [-0.1, -0.05) is 275 Å². The molecule has 0 aliphatic heterocycles. The summed E-state index contributed by atoms with van der Waals surface area (Å²) in [4.78, 5) is 10.2. The molecule has 0 unspecified atom stereocenters. The lowest BCUT2D eigenvalue weighted by molar-refractivity contribution is 0.660. The van der Waals surface area contributed by atoms with E-state index in [2.05, 4.69) is 269 Å². The zero-order valence-corrected chi connectivity index (χ0v) is 42.0. The van der Waals surface area contributed by atoms with Gasteiger partial charge in [-0.15, -0.1) is 0 Å². The summed E-state index contributed by atoms with van der Waals surface area (Å²) in [5.41, 5.74) is 26.4. The predicted octanol–water partition coefficient (Wildman–Crippen LogP) is 19.5. The molecule has 0 bridgehead atoms. The van der Waals surface area contributed by atoms with E-state index in [0.29, 0.717) is 5.82 Å². The Bertz CT molecular complexity index is 3960. The maximum atomic E-state index is 5.15. The topological polar surface area (TPSA) is 25.8 Å². The van der Waals surface area contributed by atoms with Crippen molar-refractivity contribution in [3.05, 3.63) is 290 Å². The van der Waals surface area contributed by atoms with Crippen molar-refractivity contribution < 1.29 is 0 Å². The lowest BCUT2D eigenvalue weighted by Crippen LogP contribution is -2.15. The second kappa shape index (κ2) is 19.2.